The number of hydrogen-bond acceptors (Lipinski definition) is 4. The number of para-hydroxylation sites is 1. The minimum absolute atomic E-state index is 0.0424. The van der Waals surface area contributed by atoms with E-state index >= 15 is 0 Å². The maximum atomic E-state index is 12.4. The lowest BCUT2D eigenvalue weighted by atomic mass is 9.99. The number of ether oxygens (including phenoxy) is 2. The molecule has 0 bridgehead atoms. The predicted molar refractivity (Wildman–Crippen MR) is 98.2 cm³/mol. The first-order valence-electron chi connectivity index (χ1n) is 9.55. The van der Waals surface area contributed by atoms with Gasteiger partial charge in [-0.3, -0.25) is 9.59 Å². The third kappa shape index (κ3) is 5.21. The van der Waals surface area contributed by atoms with Gasteiger partial charge in [0.05, 0.1) is 12.2 Å². The molecule has 2 fully saturated rings. The van der Waals surface area contributed by atoms with Gasteiger partial charge in [0.1, 0.15) is 12.4 Å². The standard InChI is InChI=1S/C20H28N2O4/c1-2-25-14-19(23)22-11-5-6-15(12-22)13-26-18-8-4-3-7-17(18)20(24)21-16-9-10-16/h3-4,7-8,15-16H,2,5-6,9-14H2,1H3,(H,21,24). The highest BCUT2D eigenvalue weighted by Gasteiger charge is 2.26. The van der Waals surface area contributed by atoms with Crippen molar-refractivity contribution in [2.45, 2.75) is 38.6 Å². The fourth-order valence-electron chi connectivity index (χ4n) is 3.19. The Morgan fingerprint density at radius 1 is 1.23 bits per heavy atom. The predicted octanol–water partition coefficient (Wildman–Crippen LogP) is 2.23. The van der Waals surface area contributed by atoms with E-state index in [9.17, 15) is 9.59 Å². The number of hydrogen-bond donors (Lipinski definition) is 1. The number of nitrogens with one attached hydrogen (secondary N) is 1. The molecule has 2 amide bonds. The summed E-state index contributed by atoms with van der Waals surface area (Å²) >= 11 is 0. The van der Waals surface area contributed by atoms with Gasteiger partial charge in [-0.05, 0) is 44.7 Å². The van der Waals surface area contributed by atoms with E-state index in [1.807, 2.05) is 30.0 Å². The first-order valence-corrected chi connectivity index (χ1v) is 9.55. The maximum absolute atomic E-state index is 12.4. The molecule has 142 valence electrons. The van der Waals surface area contributed by atoms with E-state index in [1.165, 1.54) is 0 Å². The summed E-state index contributed by atoms with van der Waals surface area (Å²) in [7, 11) is 0. The molecule has 0 aromatic heterocycles. The van der Waals surface area contributed by atoms with E-state index in [4.69, 9.17) is 9.47 Å². The highest BCUT2D eigenvalue weighted by Crippen LogP contribution is 2.24. The monoisotopic (exact) mass is 360 g/mol. The second-order valence-corrected chi connectivity index (χ2v) is 7.04. The van der Waals surface area contributed by atoms with Crippen molar-refractivity contribution < 1.29 is 19.1 Å². The molecule has 1 saturated heterocycles. The molecule has 3 rings (SSSR count). The highest BCUT2D eigenvalue weighted by molar-refractivity contribution is 5.97. The quantitative estimate of drug-likeness (QED) is 0.772. The number of carbonyl (C=O) groups is 2. The zero-order chi connectivity index (χ0) is 18.4. The molecule has 0 radical (unpaired) electrons. The summed E-state index contributed by atoms with van der Waals surface area (Å²) in [6.07, 6.45) is 4.11. The molecule has 0 spiro atoms. The summed E-state index contributed by atoms with van der Waals surface area (Å²) in [5.41, 5.74) is 0.583. The Hall–Kier alpha value is -2.08. The normalized spacial score (nSPS) is 19.9. The van der Waals surface area contributed by atoms with Crippen LogP contribution in [-0.2, 0) is 9.53 Å². The van der Waals surface area contributed by atoms with E-state index in [0.717, 1.165) is 32.2 Å². The minimum Gasteiger partial charge on any atom is -0.492 e. The van der Waals surface area contributed by atoms with E-state index in [-0.39, 0.29) is 24.3 Å². The first kappa shape index (κ1) is 18.7. The van der Waals surface area contributed by atoms with Crippen LogP contribution in [0.3, 0.4) is 0 Å². The lowest BCUT2D eigenvalue weighted by molar-refractivity contribution is -0.138. The van der Waals surface area contributed by atoms with Gasteiger partial charge in [0, 0.05) is 31.7 Å². The third-order valence-electron chi connectivity index (χ3n) is 4.82. The topological polar surface area (TPSA) is 67.9 Å². The van der Waals surface area contributed by atoms with Crippen LogP contribution in [0.4, 0.5) is 0 Å². The number of piperidine rings is 1. The van der Waals surface area contributed by atoms with Gasteiger partial charge in [0.25, 0.3) is 5.91 Å². The molecule has 1 N–H and O–H groups in total. The van der Waals surface area contributed by atoms with Crippen LogP contribution < -0.4 is 10.1 Å². The molecular weight excluding hydrogens is 332 g/mol. The van der Waals surface area contributed by atoms with E-state index in [0.29, 0.717) is 37.1 Å². The zero-order valence-electron chi connectivity index (χ0n) is 15.4. The smallest absolute Gasteiger partial charge is 0.255 e. The van der Waals surface area contributed by atoms with Gasteiger partial charge in [-0.1, -0.05) is 12.1 Å². The van der Waals surface area contributed by atoms with E-state index in [2.05, 4.69) is 5.32 Å². The van der Waals surface area contributed by atoms with Gasteiger partial charge in [0.2, 0.25) is 5.91 Å². The number of amides is 2. The van der Waals surface area contributed by atoms with Gasteiger partial charge < -0.3 is 19.7 Å². The van der Waals surface area contributed by atoms with Crippen molar-refractivity contribution in [1.29, 1.82) is 0 Å². The maximum Gasteiger partial charge on any atom is 0.255 e. The average molecular weight is 360 g/mol. The molecule has 1 aliphatic heterocycles. The fraction of sp³-hybridized carbons (Fsp3) is 0.600. The van der Waals surface area contributed by atoms with Gasteiger partial charge in [-0.2, -0.15) is 0 Å². The lowest BCUT2D eigenvalue weighted by Crippen LogP contribution is -2.43. The Labute approximate surface area is 154 Å². The summed E-state index contributed by atoms with van der Waals surface area (Å²) in [6.45, 7) is 4.55. The first-order chi connectivity index (χ1) is 12.7. The molecule has 6 heteroatoms. The second kappa shape index (κ2) is 9.03. The van der Waals surface area contributed by atoms with Crippen molar-refractivity contribution in [3.8, 4) is 5.75 Å². The van der Waals surface area contributed by atoms with Crippen molar-refractivity contribution >= 4 is 11.8 Å². The molecule has 2 aliphatic rings. The van der Waals surface area contributed by atoms with Crippen LogP contribution in [-0.4, -0.2) is 55.7 Å². The number of carbonyl (C=O) groups excluding carboxylic acids is 2. The number of nitrogens with zero attached hydrogens (tertiary/aromatic N) is 1. The fourth-order valence-corrected chi connectivity index (χ4v) is 3.19. The molecular formula is C20H28N2O4. The van der Waals surface area contributed by atoms with Gasteiger partial charge in [-0.15, -0.1) is 0 Å². The van der Waals surface area contributed by atoms with E-state index < -0.39 is 0 Å². The number of benzene rings is 1. The van der Waals surface area contributed by atoms with E-state index in [1.54, 1.807) is 6.07 Å². The number of likely N-dealkylation sites (tertiary alicyclic amines) is 1. The largest absolute Gasteiger partial charge is 0.492 e. The van der Waals surface area contributed by atoms with Crippen LogP contribution >= 0.6 is 0 Å². The molecule has 1 atom stereocenters. The molecule has 6 nitrogen and oxygen atoms in total. The second-order valence-electron chi connectivity index (χ2n) is 7.04. The van der Waals surface area contributed by atoms with Gasteiger partial charge in [0.15, 0.2) is 0 Å². The summed E-state index contributed by atoms with van der Waals surface area (Å²) in [4.78, 5) is 26.3. The molecule has 1 heterocycles. The van der Waals surface area contributed by atoms with Crippen molar-refractivity contribution in [2.24, 2.45) is 5.92 Å². The lowest BCUT2D eigenvalue weighted by Gasteiger charge is -2.32. The van der Waals surface area contributed by atoms with Crippen molar-refractivity contribution in [3.05, 3.63) is 29.8 Å². The summed E-state index contributed by atoms with van der Waals surface area (Å²) in [6, 6.07) is 7.68. The van der Waals surface area contributed by atoms with Crippen LogP contribution in [0.1, 0.15) is 43.0 Å². The van der Waals surface area contributed by atoms with Gasteiger partial charge >= 0.3 is 0 Å². The van der Waals surface area contributed by atoms with Crippen LogP contribution in [0.2, 0.25) is 0 Å². The zero-order valence-corrected chi connectivity index (χ0v) is 15.4. The van der Waals surface area contributed by atoms with Crippen molar-refractivity contribution in [2.75, 3.05) is 32.9 Å². The Bertz CT molecular complexity index is 630. The molecule has 1 aromatic carbocycles. The van der Waals surface area contributed by atoms with Crippen LogP contribution in [0, 0.1) is 5.92 Å². The number of rotatable bonds is 8. The van der Waals surface area contributed by atoms with Crippen LogP contribution in [0.5, 0.6) is 5.75 Å². The highest BCUT2D eigenvalue weighted by atomic mass is 16.5. The third-order valence-corrected chi connectivity index (χ3v) is 4.82. The van der Waals surface area contributed by atoms with Gasteiger partial charge in [-0.25, -0.2) is 0 Å². The average Bonchev–Trinajstić information content (AvgIpc) is 3.48. The Morgan fingerprint density at radius 3 is 2.81 bits per heavy atom. The summed E-state index contributed by atoms with van der Waals surface area (Å²) in [5.74, 6) is 0.860. The molecule has 1 aromatic rings. The Balaban J connectivity index is 1.53. The summed E-state index contributed by atoms with van der Waals surface area (Å²) in [5, 5.41) is 3.00. The van der Waals surface area contributed by atoms with Crippen molar-refractivity contribution in [3.63, 3.8) is 0 Å². The SMILES string of the molecule is CCOCC(=O)N1CCCC(COc2ccccc2C(=O)NC2CC2)C1. The summed E-state index contributed by atoms with van der Waals surface area (Å²) < 4.78 is 11.2. The van der Waals surface area contributed by atoms with Crippen molar-refractivity contribution in [1.82, 2.24) is 10.2 Å². The minimum atomic E-state index is -0.0692. The Morgan fingerprint density at radius 2 is 2.04 bits per heavy atom. The van der Waals surface area contributed by atoms with Crippen LogP contribution in [0.15, 0.2) is 24.3 Å². The molecule has 1 unspecified atom stereocenters. The molecule has 1 aliphatic carbocycles. The van der Waals surface area contributed by atoms with Crippen LogP contribution in [0.25, 0.3) is 0 Å². The Kier molecular flexibility index (Phi) is 6.50. The molecule has 26 heavy (non-hydrogen) atoms. The molecule has 1 saturated carbocycles.